The third-order valence-corrected chi connectivity index (χ3v) is 4.56. The summed E-state index contributed by atoms with van der Waals surface area (Å²) < 4.78 is 0. The SMILES string of the molecule is O=C(C[C@H]1C=CCC1)N[C@@]1(C(=O)O)CCSC1. The fourth-order valence-electron chi connectivity index (χ4n) is 2.31. The molecule has 1 aliphatic carbocycles. The van der Waals surface area contributed by atoms with Gasteiger partial charge in [0.05, 0.1) is 0 Å². The molecule has 0 radical (unpaired) electrons. The van der Waals surface area contributed by atoms with Crippen LogP contribution in [0.1, 0.15) is 25.7 Å². The van der Waals surface area contributed by atoms with Gasteiger partial charge in [0.25, 0.3) is 0 Å². The Hall–Kier alpha value is -0.970. The first-order valence-corrected chi connectivity index (χ1v) is 7.07. The van der Waals surface area contributed by atoms with Crippen molar-refractivity contribution in [3.05, 3.63) is 12.2 Å². The average molecular weight is 255 g/mol. The summed E-state index contributed by atoms with van der Waals surface area (Å²) in [5, 5.41) is 12.0. The Morgan fingerprint density at radius 3 is 2.88 bits per heavy atom. The van der Waals surface area contributed by atoms with Crippen molar-refractivity contribution in [1.29, 1.82) is 0 Å². The van der Waals surface area contributed by atoms with Gasteiger partial charge in [0, 0.05) is 12.2 Å². The minimum atomic E-state index is -1.02. The van der Waals surface area contributed by atoms with Gasteiger partial charge in [0.1, 0.15) is 5.54 Å². The molecule has 2 N–H and O–H groups in total. The molecule has 94 valence electrons. The lowest BCUT2D eigenvalue weighted by Crippen LogP contribution is -2.55. The number of aliphatic carboxylic acids is 1. The van der Waals surface area contributed by atoms with Gasteiger partial charge < -0.3 is 10.4 Å². The van der Waals surface area contributed by atoms with Crippen molar-refractivity contribution in [3.63, 3.8) is 0 Å². The quantitative estimate of drug-likeness (QED) is 0.746. The van der Waals surface area contributed by atoms with E-state index in [-0.39, 0.29) is 11.8 Å². The summed E-state index contributed by atoms with van der Waals surface area (Å²) in [4.78, 5) is 23.1. The predicted octanol–water partition coefficient (Wildman–Crippen LogP) is 1.42. The molecule has 1 saturated heterocycles. The van der Waals surface area contributed by atoms with Crippen LogP contribution < -0.4 is 5.32 Å². The lowest BCUT2D eigenvalue weighted by Gasteiger charge is -2.25. The van der Waals surface area contributed by atoms with Crippen molar-refractivity contribution in [2.75, 3.05) is 11.5 Å². The summed E-state index contributed by atoms with van der Waals surface area (Å²) in [7, 11) is 0. The van der Waals surface area contributed by atoms with Gasteiger partial charge >= 0.3 is 5.97 Å². The van der Waals surface area contributed by atoms with Crippen LogP contribution in [0.5, 0.6) is 0 Å². The Balaban J connectivity index is 1.91. The Labute approximate surface area is 105 Å². The first-order valence-electron chi connectivity index (χ1n) is 5.91. The number of hydrogen-bond acceptors (Lipinski definition) is 3. The molecule has 17 heavy (non-hydrogen) atoms. The van der Waals surface area contributed by atoms with Gasteiger partial charge in [-0.05, 0) is 30.9 Å². The van der Waals surface area contributed by atoms with Crippen LogP contribution in [0.2, 0.25) is 0 Å². The smallest absolute Gasteiger partial charge is 0.330 e. The lowest BCUT2D eigenvalue weighted by atomic mass is 9.97. The number of carboxylic acid groups (broad SMARTS) is 1. The first kappa shape index (κ1) is 12.5. The molecule has 0 aromatic carbocycles. The molecule has 0 aromatic rings. The third-order valence-electron chi connectivity index (χ3n) is 3.37. The number of carboxylic acids is 1. The van der Waals surface area contributed by atoms with E-state index in [1.165, 1.54) is 0 Å². The molecule has 1 heterocycles. The van der Waals surface area contributed by atoms with Crippen LogP contribution in [-0.4, -0.2) is 34.0 Å². The van der Waals surface area contributed by atoms with Gasteiger partial charge in [-0.3, -0.25) is 4.79 Å². The van der Waals surface area contributed by atoms with Crippen LogP contribution in [-0.2, 0) is 9.59 Å². The summed E-state index contributed by atoms with van der Waals surface area (Å²) in [5.41, 5.74) is -1.02. The fraction of sp³-hybridized carbons (Fsp3) is 0.667. The van der Waals surface area contributed by atoms with Gasteiger partial charge in [-0.15, -0.1) is 0 Å². The monoisotopic (exact) mass is 255 g/mol. The van der Waals surface area contributed by atoms with E-state index < -0.39 is 11.5 Å². The van der Waals surface area contributed by atoms with Crippen LogP contribution in [0.3, 0.4) is 0 Å². The zero-order valence-electron chi connectivity index (χ0n) is 9.65. The predicted molar refractivity (Wildman–Crippen MR) is 66.9 cm³/mol. The number of carbonyl (C=O) groups is 2. The number of hydrogen-bond donors (Lipinski definition) is 2. The van der Waals surface area contributed by atoms with Crippen LogP contribution in [0, 0.1) is 5.92 Å². The summed E-state index contributed by atoms with van der Waals surface area (Å²) in [6.45, 7) is 0. The number of nitrogens with one attached hydrogen (secondary N) is 1. The summed E-state index contributed by atoms with van der Waals surface area (Å²) in [6, 6.07) is 0. The molecule has 0 aromatic heterocycles. The van der Waals surface area contributed by atoms with Crippen molar-refractivity contribution in [2.24, 2.45) is 5.92 Å². The van der Waals surface area contributed by atoms with Crippen LogP contribution in [0.25, 0.3) is 0 Å². The highest BCUT2D eigenvalue weighted by atomic mass is 32.2. The minimum absolute atomic E-state index is 0.133. The van der Waals surface area contributed by atoms with Gasteiger partial charge in [-0.25, -0.2) is 4.79 Å². The second-order valence-electron chi connectivity index (χ2n) is 4.71. The zero-order valence-corrected chi connectivity index (χ0v) is 10.5. The number of carbonyl (C=O) groups excluding carboxylic acids is 1. The standard InChI is InChI=1S/C12H17NO3S/c14-10(7-9-3-1-2-4-9)13-12(11(15)16)5-6-17-8-12/h1,3,9H,2,4-8H2,(H,13,14)(H,15,16)/t9-,12-/m0/s1. The second kappa shape index (κ2) is 5.12. The normalized spacial score (nSPS) is 31.6. The van der Waals surface area contributed by atoms with E-state index in [0.29, 0.717) is 18.6 Å². The molecule has 4 nitrogen and oxygen atoms in total. The average Bonchev–Trinajstić information content (AvgIpc) is 2.89. The van der Waals surface area contributed by atoms with Crippen molar-refractivity contribution in [2.45, 2.75) is 31.2 Å². The molecule has 1 amide bonds. The molecule has 0 bridgehead atoms. The Morgan fingerprint density at radius 1 is 1.53 bits per heavy atom. The molecular weight excluding hydrogens is 238 g/mol. The largest absolute Gasteiger partial charge is 0.479 e. The highest BCUT2D eigenvalue weighted by molar-refractivity contribution is 7.99. The second-order valence-corrected chi connectivity index (χ2v) is 5.81. The maximum Gasteiger partial charge on any atom is 0.330 e. The number of amides is 1. The van der Waals surface area contributed by atoms with E-state index in [4.69, 9.17) is 0 Å². The molecule has 5 heteroatoms. The van der Waals surface area contributed by atoms with Crippen LogP contribution in [0.4, 0.5) is 0 Å². The molecule has 0 unspecified atom stereocenters. The van der Waals surface area contributed by atoms with Gasteiger partial charge in [0.2, 0.25) is 5.91 Å². The Bertz CT molecular complexity index is 348. The van der Waals surface area contributed by atoms with Crippen molar-refractivity contribution < 1.29 is 14.7 Å². The molecular formula is C12H17NO3S. The summed E-state index contributed by atoms with van der Waals surface area (Å²) >= 11 is 1.58. The van der Waals surface area contributed by atoms with E-state index in [9.17, 15) is 14.7 Å². The summed E-state index contributed by atoms with van der Waals surface area (Å²) in [6.07, 6.45) is 7.10. The first-order chi connectivity index (χ1) is 8.12. The fourth-order valence-corrected chi connectivity index (χ4v) is 3.63. The van der Waals surface area contributed by atoms with Crippen molar-refractivity contribution in [3.8, 4) is 0 Å². The van der Waals surface area contributed by atoms with E-state index in [1.54, 1.807) is 11.8 Å². The van der Waals surface area contributed by atoms with Crippen molar-refractivity contribution >= 4 is 23.6 Å². The lowest BCUT2D eigenvalue weighted by molar-refractivity contribution is -0.146. The Morgan fingerprint density at radius 2 is 2.35 bits per heavy atom. The number of allylic oxidation sites excluding steroid dienone is 2. The molecule has 0 spiro atoms. The van der Waals surface area contributed by atoms with Gasteiger partial charge in [0.15, 0.2) is 0 Å². The van der Waals surface area contributed by atoms with Crippen molar-refractivity contribution in [1.82, 2.24) is 5.32 Å². The zero-order chi connectivity index (χ0) is 12.3. The minimum Gasteiger partial charge on any atom is -0.479 e. The highest BCUT2D eigenvalue weighted by Crippen LogP contribution is 2.29. The van der Waals surface area contributed by atoms with E-state index in [2.05, 4.69) is 17.5 Å². The van der Waals surface area contributed by atoms with E-state index in [0.717, 1.165) is 18.6 Å². The highest BCUT2D eigenvalue weighted by Gasteiger charge is 2.43. The molecule has 1 aliphatic heterocycles. The van der Waals surface area contributed by atoms with Gasteiger partial charge in [-0.1, -0.05) is 12.2 Å². The summed E-state index contributed by atoms with van der Waals surface area (Å²) in [5.74, 6) is 0.531. The molecule has 2 aliphatic rings. The van der Waals surface area contributed by atoms with Crippen LogP contribution >= 0.6 is 11.8 Å². The Kier molecular flexibility index (Phi) is 3.76. The maximum atomic E-state index is 11.8. The molecule has 2 atom stereocenters. The number of rotatable bonds is 4. The van der Waals surface area contributed by atoms with Crippen LogP contribution in [0.15, 0.2) is 12.2 Å². The van der Waals surface area contributed by atoms with E-state index >= 15 is 0 Å². The molecule has 1 fully saturated rings. The molecule has 2 rings (SSSR count). The van der Waals surface area contributed by atoms with E-state index in [1.807, 2.05) is 0 Å². The topological polar surface area (TPSA) is 66.4 Å². The molecule has 0 saturated carbocycles. The third kappa shape index (κ3) is 2.83. The number of thioether (sulfide) groups is 1. The maximum absolute atomic E-state index is 11.8. The van der Waals surface area contributed by atoms with Gasteiger partial charge in [-0.2, -0.15) is 11.8 Å².